The van der Waals surface area contributed by atoms with Crippen LogP contribution in [0.3, 0.4) is 0 Å². The molecule has 130 valence electrons. The number of carbonyl (C=O) groups is 2. The zero-order valence-electron chi connectivity index (χ0n) is 13.1. The summed E-state index contributed by atoms with van der Waals surface area (Å²) >= 11 is 9.51. The molecule has 2 N–H and O–H groups in total. The summed E-state index contributed by atoms with van der Waals surface area (Å²) in [5, 5.41) is 17.3. The van der Waals surface area contributed by atoms with Gasteiger partial charge in [-0.3, -0.25) is 14.7 Å². The summed E-state index contributed by atoms with van der Waals surface area (Å²) in [7, 11) is 2.51. The Hall–Kier alpha value is -1.64. The van der Waals surface area contributed by atoms with Crippen LogP contribution in [0, 0.1) is 5.92 Å². The van der Waals surface area contributed by atoms with E-state index < -0.39 is 17.9 Å². The molecule has 0 spiro atoms. The number of ether oxygens (including phenoxy) is 2. The number of methoxy groups -OCH3 is 2. The summed E-state index contributed by atoms with van der Waals surface area (Å²) in [6.45, 7) is -0.287. The standard InChI is InChI=1S/C15H16BrClN2O5/c1-23-11(21)5-8(15(22)24-2)3-7-4-10(16)13-12(9(7)6-20)14(17)19-18-13/h4,8,20H,3,5-6H2,1-2H3,(H,18,19). The largest absolute Gasteiger partial charge is 0.469 e. The summed E-state index contributed by atoms with van der Waals surface area (Å²) < 4.78 is 10.1. The van der Waals surface area contributed by atoms with Gasteiger partial charge >= 0.3 is 11.9 Å². The number of aliphatic hydroxyl groups is 1. The minimum Gasteiger partial charge on any atom is -0.469 e. The maximum atomic E-state index is 12.0. The lowest BCUT2D eigenvalue weighted by molar-refractivity contribution is -0.152. The van der Waals surface area contributed by atoms with Gasteiger partial charge in [-0.15, -0.1) is 0 Å². The molecule has 2 aromatic rings. The maximum Gasteiger partial charge on any atom is 0.309 e. The lowest BCUT2D eigenvalue weighted by Crippen LogP contribution is -2.23. The molecular weight excluding hydrogens is 404 g/mol. The highest BCUT2D eigenvalue weighted by Crippen LogP contribution is 2.34. The Morgan fingerprint density at radius 2 is 2.12 bits per heavy atom. The van der Waals surface area contributed by atoms with E-state index in [-0.39, 0.29) is 24.6 Å². The number of aromatic amines is 1. The Balaban J connectivity index is 2.47. The molecule has 1 atom stereocenters. The zero-order valence-corrected chi connectivity index (χ0v) is 15.4. The number of esters is 2. The van der Waals surface area contributed by atoms with Crippen LogP contribution in [-0.4, -0.2) is 41.5 Å². The molecule has 0 aliphatic heterocycles. The third kappa shape index (κ3) is 3.71. The fourth-order valence-corrected chi connectivity index (χ4v) is 3.37. The Kier molecular flexibility index (Phi) is 6.20. The average Bonchev–Trinajstić information content (AvgIpc) is 2.96. The van der Waals surface area contributed by atoms with E-state index in [1.807, 2.05) is 0 Å². The van der Waals surface area contributed by atoms with Gasteiger partial charge in [0.1, 0.15) is 0 Å². The lowest BCUT2D eigenvalue weighted by atomic mass is 9.92. The molecular formula is C15H16BrClN2O5. The van der Waals surface area contributed by atoms with Crippen molar-refractivity contribution in [1.29, 1.82) is 0 Å². The number of rotatable bonds is 6. The zero-order chi connectivity index (χ0) is 17.9. The van der Waals surface area contributed by atoms with Gasteiger partial charge in [-0.05, 0) is 39.5 Å². The van der Waals surface area contributed by atoms with Crippen molar-refractivity contribution in [2.45, 2.75) is 19.4 Å². The van der Waals surface area contributed by atoms with E-state index in [0.29, 0.717) is 26.5 Å². The first-order valence-corrected chi connectivity index (χ1v) is 8.19. The van der Waals surface area contributed by atoms with E-state index in [2.05, 4.69) is 30.9 Å². The number of benzene rings is 1. The van der Waals surface area contributed by atoms with Crippen LogP contribution < -0.4 is 0 Å². The van der Waals surface area contributed by atoms with Gasteiger partial charge in [-0.2, -0.15) is 5.10 Å². The average molecular weight is 420 g/mol. The molecule has 0 aliphatic rings. The number of carbonyl (C=O) groups excluding carboxylic acids is 2. The van der Waals surface area contributed by atoms with Crippen LogP contribution in [0.25, 0.3) is 10.9 Å². The Bertz CT molecular complexity index is 777. The predicted octanol–water partition coefficient (Wildman–Crippen LogP) is 2.37. The first kappa shape index (κ1) is 18.7. The quantitative estimate of drug-likeness (QED) is 0.697. The third-order valence-corrected chi connectivity index (χ3v) is 4.65. The van der Waals surface area contributed by atoms with E-state index in [0.717, 1.165) is 0 Å². The van der Waals surface area contributed by atoms with Crippen LogP contribution in [0.4, 0.5) is 0 Å². The van der Waals surface area contributed by atoms with Crippen molar-refractivity contribution in [3.63, 3.8) is 0 Å². The van der Waals surface area contributed by atoms with Crippen molar-refractivity contribution < 1.29 is 24.2 Å². The van der Waals surface area contributed by atoms with Crippen molar-refractivity contribution >= 4 is 50.4 Å². The molecule has 9 heteroatoms. The summed E-state index contributed by atoms with van der Waals surface area (Å²) in [6.07, 6.45) is 0.0660. The molecule has 7 nitrogen and oxygen atoms in total. The third-order valence-electron chi connectivity index (χ3n) is 3.75. The highest BCUT2D eigenvalue weighted by Gasteiger charge is 2.26. The van der Waals surface area contributed by atoms with Gasteiger partial charge < -0.3 is 14.6 Å². The van der Waals surface area contributed by atoms with Crippen molar-refractivity contribution in [2.75, 3.05) is 14.2 Å². The van der Waals surface area contributed by atoms with Crippen molar-refractivity contribution in [3.8, 4) is 0 Å². The number of halogens is 2. The second kappa shape index (κ2) is 7.96. The first-order valence-electron chi connectivity index (χ1n) is 7.02. The van der Waals surface area contributed by atoms with Gasteiger partial charge in [0.2, 0.25) is 0 Å². The first-order chi connectivity index (χ1) is 11.4. The molecule has 0 radical (unpaired) electrons. The number of nitrogens with one attached hydrogen (secondary N) is 1. The lowest BCUT2D eigenvalue weighted by Gasteiger charge is -2.16. The van der Waals surface area contributed by atoms with Crippen LogP contribution in [0.15, 0.2) is 10.5 Å². The summed E-state index contributed by atoms with van der Waals surface area (Å²) in [5.74, 6) is -1.78. The van der Waals surface area contributed by atoms with Gasteiger partial charge in [-0.25, -0.2) is 0 Å². The molecule has 0 bridgehead atoms. The number of fused-ring (bicyclic) bond motifs is 1. The Morgan fingerprint density at radius 3 is 2.71 bits per heavy atom. The van der Waals surface area contributed by atoms with Crippen molar-refractivity contribution in [1.82, 2.24) is 10.2 Å². The van der Waals surface area contributed by atoms with Crippen LogP contribution >= 0.6 is 27.5 Å². The summed E-state index contributed by atoms with van der Waals surface area (Å²) in [4.78, 5) is 23.5. The van der Waals surface area contributed by atoms with Gasteiger partial charge in [-0.1, -0.05) is 11.6 Å². The second-order valence-corrected chi connectivity index (χ2v) is 6.34. The predicted molar refractivity (Wildman–Crippen MR) is 90.6 cm³/mol. The van der Waals surface area contributed by atoms with Crippen molar-refractivity contribution in [3.05, 3.63) is 26.8 Å². The van der Waals surface area contributed by atoms with E-state index in [1.165, 1.54) is 14.2 Å². The fourth-order valence-electron chi connectivity index (χ4n) is 2.56. The van der Waals surface area contributed by atoms with Crippen LogP contribution in [0.1, 0.15) is 17.5 Å². The van der Waals surface area contributed by atoms with E-state index in [4.69, 9.17) is 16.3 Å². The molecule has 24 heavy (non-hydrogen) atoms. The van der Waals surface area contributed by atoms with Crippen LogP contribution in [0.2, 0.25) is 5.15 Å². The molecule has 0 saturated carbocycles. The SMILES string of the molecule is COC(=O)CC(Cc1cc(Br)c2[nH]nc(Cl)c2c1CO)C(=O)OC. The molecule has 0 saturated heterocycles. The number of hydrogen-bond acceptors (Lipinski definition) is 6. The molecule has 0 aliphatic carbocycles. The number of nitrogens with zero attached hydrogens (tertiary/aromatic N) is 1. The van der Waals surface area contributed by atoms with Gasteiger partial charge in [0, 0.05) is 9.86 Å². The topological polar surface area (TPSA) is 102 Å². The second-order valence-electron chi connectivity index (χ2n) is 5.12. The van der Waals surface area contributed by atoms with E-state index in [9.17, 15) is 14.7 Å². The molecule has 0 fully saturated rings. The molecule has 1 aromatic heterocycles. The number of H-pyrrole nitrogens is 1. The highest BCUT2D eigenvalue weighted by atomic mass is 79.9. The molecule has 1 heterocycles. The van der Waals surface area contributed by atoms with E-state index >= 15 is 0 Å². The maximum absolute atomic E-state index is 12.0. The summed E-state index contributed by atoms with van der Waals surface area (Å²) in [6, 6.07) is 1.76. The van der Waals surface area contributed by atoms with Gasteiger partial charge in [0.05, 0.1) is 38.7 Å². The Morgan fingerprint density at radius 1 is 1.42 bits per heavy atom. The molecule has 1 unspecified atom stereocenters. The Labute approximate surface area is 151 Å². The van der Waals surface area contributed by atoms with E-state index in [1.54, 1.807) is 6.07 Å². The molecule has 0 amide bonds. The number of aromatic nitrogens is 2. The minimum absolute atomic E-state index is 0.122. The highest BCUT2D eigenvalue weighted by molar-refractivity contribution is 9.10. The van der Waals surface area contributed by atoms with Crippen LogP contribution in [0.5, 0.6) is 0 Å². The number of aliphatic hydroxyl groups excluding tert-OH is 1. The van der Waals surface area contributed by atoms with Crippen LogP contribution in [-0.2, 0) is 32.1 Å². The van der Waals surface area contributed by atoms with Crippen molar-refractivity contribution in [2.24, 2.45) is 5.92 Å². The molecule has 2 rings (SSSR count). The molecule has 1 aromatic carbocycles. The van der Waals surface area contributed by atoms with Gasteiger partial charge in [0.15, 0.2) is 5.15 Å². The number of hydrogen-bond donors (Lipinski definition) is 2. The monoisotopic (exact) mass is 418 g/mol. The fraction of sp³-hybridized carbons (Fsp3) is 0.400. The smallest absolute Gasteiger partial charge is 0.309 e. The minimum atomic E-state index is -0.734. The van der Waals surface area contributed by atoms with Gasteiger partial charge in [0.25, 0.3) is 0 Å². The normalized spacial score (nSPS) is 12.2. The summed E-state index contributed by atoms with van der Waals surface area (Å²) in [5.41, 5.74) is 1.86.